The molecule has 0 aliphatic carbocycles. The molecule has 0 saturated carbocycles. The molecule has 2 aromatic rings. The number of pyridine rings is 1. The maximum Gasteiger partial charge on any atom is 0.416 e. The molecular weight excluding hydrogens is 293 g/mol. The molecule has 1 aromatic heterocycles. The van der Waals surface area contributed by atoms with Crippen LogP contribution in [-0.2, 0) is 6.18 Å². The third-order valence-corrected chi connectivity index (χ3v) is 3.56. The highest BCUT2D eigenvalue weighted by molar-refractivity contribution is 5.91. The molecule has 0 aliphatic heterocycles. The number of aromatic nitrogens is 1. The summed E-state index contributed by atoms with van der Waals surface area (Å²) in [6, 6.07) is 5.15. The monoisotopic (exact) mass is 312 g/mol. The Morgan fingerprint density at radius 2 is 1.86 bits per heavy atom. The molecule has 2 N–H and O–H groups in total. The summed E-state index contributed by atoms with van der Waals surface area (Å²) < 4.78 is 38.2. The molecule has 0 saturated heterocycles. The van der Waals surface area contributed by atoms with Crippen molar-refractivity contribution in [3.05, 3.63) is 36.0 Å². The van der Waals surface area contributed by atoms with Crippen LogP contribution in [0.4, 0.5) is 18.9 Å². The number of hydrogen-bond acceptors (Lipinski definition) is 3. The smallest absolute Gasteiger partial charge is 0.391 e. The average molecular weight is 312 g/mol. The van der Waals surface area contributed by atoms with Gasteiger partial charge in [0, 0.05) is 23.8 Å². The molecule has 6 heteroatoms. The van der Waals surface area contributed by atoms with E-state index in [1.54, 1.807) is 6.07 Å². The molecule has 0 fully saturated rings. The molecule has 1 unspecified atom stereocenters. The van der Waals surface area contributed by atoms with E-state index in [1.807, 2.05) is 20.8 Å². The van der Waals surface area contributed by atoms with Crippen LogP contribution in [0.3, 0.4) is 0 Å². The van der Waals surface area contributed by atoms with Crippen LogP contribution >= 0.6 is 0 Å². The highest BCUT2D eigenvalue weighted by Gasteiger charge is 2.30. The van der Waals surface area contributed by atoms with Crippen LogP contribution in [0.2, 0.25) is 0 Å². The molecule has 1 atom stereocenters. The number of benzene rings is 1. The molecule has 1 aromatic carbocycles. The van der Waals surface area contributed by atoms with Crippen molar-refractivity contribution in [1.29, 1.82) is 0 Å². The van der Waals surface area contributed by atoms with Crippen LogP contribution in [0.25, 0.3) is 10.9 Å². The van der Waals surface area contributed by atoms with Gasteiger partial charge in [-0.2, -0.15) is 13.2 Å². The van der Waals surface area contributed by atoms with Crippen molar-refractivity contribution in [1.82, 2.24) is 4.98 Å². The SMILES string of the molecule is CC(C)(C)C(O)CNc1ccnc2cc(C(F)(F)F)ccc12. The van der Waals surface area contributed by atoms with E-state index in [9.17, 15) is 18.3 Å². The van der Waals surface area contributed by atoms with Crippen molar-refractivity contribution in [3.63, 3.8) is 0 Å². The van der Waals surface area contributed by atoms with E-state index in [1.165, 1.54) is 12.3 Å². The van der Waals surface area contributed by atoms with Crippen LogP contribution in [0, 0.1) is 5.41 Å². The standard InChI is InChI=1S/C16H19F3N2O/c1-15(2,3)14(22)9-21-12-6-7-20-13-8-10(16(17,18)19)4-5-11(12)13/h4-8,14,22H,9H2,1-3H3,(H,20,21). The predicted octanol–water partition coefficient (Wildman–Crippen LogP) is 4.07. The van der Waals surface area contributed by atoms with Gasteiger partial charge in [0.25, 0.3) is 0 Å². The van der Waals surface area contributed by atoms with Crippen molar-refractivity contribution in [3.8, 4) is 0 Å². The third kappa shape index (κ3) is 3.68. The zero-order valence-electron chi connectivity index (χ0n) is 12.7. The summed E-state index contributed by atoms with van der Waals surface area (Å²) in [5.74, 6) is 0. The average Bonchev–Trinajstić information content (AvgIpc) is 2.42. The van der Waals surface area contributed by atoms with Crippen LogP contribution in [0.1, 0.15) is 26.3 Å². The zero-order valence-corrected chi connectivity index (χ0v) is 12.7. The molecule has 120 valence electrons. The number of nitrogens with one attached hydrogen (secondary N) is 1. The van der Waals surface area contributed by atoms with Gasteiger partial charge in [0.2, 0.25) is 0 Å². The van der Waals surface area contributed by atoms with Crippen molar-refractivity contribution >= 4 is 16.6 Å². The lowest BCUT2D eigenvalue weighted by Gasteiger charge is -2.26. The molecular formula is C16H19F3N2O. The maximum absolute atomic E-state index is 12.7. The lowest BCUT2D eigenvalue weighted by Crippen LogP contribution is -2.32. The molecule has 0 radical (unpaired) electrons. The van der Waals surface area contributed by atoms with E-state index in [2.05, 4.69) is 10.3 Å². The first-order valence-corrected chi connectivity index (χ1v) is 6.97. The number of hydrogen-bond donors (Lipinski definition) is 2. The van der Waals surface area contributed by atoms with Gasteiger partial charge in [-0.15, -0.1) is 0 Å². The maximum atomic E-state index is 12.7. The minimum absolute atomic E-state index is 0.269. The van der Waals surface area contributed by atoms with Crippen molar-refractivity contribution in [2.75, 3.05) is 11.9 Å². The summed E-state index contributed by atoms with van der Waals surface area (Å²) in [5.41, 5.74) is -0.0780. The van der Waals surface area contributed by atoms with E-state index in [0.717, 1.165) is 12.1 Å². The van der Waals surface area contributed by atoms with Gasteiger partial charge in [-0.05, 0) is 23.6 Å². The van der Waals surface area contributed by atoms with E-state index < -0.39 is 17.8 Å². The quantitative estimate of drug-likeness (QED) is 0.898. The second-order valence-electron chi connectivity index (χ2n) is 6.35. The summed E-state index contributed by atoms with van der Waals surface area (Å²) >= 11 is 0. The van der Waals surface area contributed by atoms with Gasteiger partial charge in [0.15, 0.2) is 0 Å². The van der Waals surface area contributed by atoms with Crippen LogP contribution < -0.4 is 5.32 Å². The molecule has 0 bridgehead atoms. The number of anilines is 1. The predicted molar refractivity (Wildman–Crippen MR) is 80.7 cm³/mol. The summed E-state index contributed by atoms with van der Waals surface area (Å²) in [5, 5.41) is 13.7. The lowest BCUT2D eigenvalue weighted by atomic mass is 9.89. The largest absolute Gasteiger partial charge is 0.416 e. The van der Waals surface area contributed by atoms with Crippen LogP contribution in [0.5, 0.6) is 0 Å². The van der Waals surface area contributed by atoms with Crippen LogP contribution in [0.15, 0.2) is 30.5 Å². The summed E-state index contributed by atoms with van der Waals surface area (Å²) in [4.78, 5) is 3.99. The molecule has 3 nitrogen and oxygen atoms in total. The number of rotatable bonds is 3. The van der Waals surface area contributed by atoms with Gasteiger partial charge in [-0.25, -0.2) is 0 Å². The minimum atomic E-state index is -4.39. The van der Waals surface area contributed by atoms with Crippen molar-refractivity contribution < 1.29 is 18.3 Å². The second kappa shape index (κ2) is 5.76. The minimum Gasteiger partial charge on any atom is -0.391 e. The Hall–Kier alpha value is -1.82. The Morgan fingerprint density at radius 3 is 2.45 bits per heavy atom. The summed E-state index contributed by atoms with van der Waals surface area (Å²) in [6.07, 6.45) is -3.51. The Morgan fingerprint density at radius 1 is 1.18 bits per heavy atom. The Kier molecular flexibility index (Phi) is 4.33. The number of alkyl halides is 3. The Balaban J connectivity index is 2.28. The van der Waals surface area contributed by atoms with Crippen LogP contribution in [-0.4, -0.2) is 22.7 Å². The number of aliphatic hydroxyl groups excluding tert-OH is 1. The summed E-state index contributed by atoms with van der Waals surface area (Å²) in [7, 11) is 0. The number of fused-ring (bicyclic) bond motifs is 1. The lowest BCUT2D eigenvalue weighted by molar-refractivity contribution is -0.137. The highest BCUT2D eigenvalue weighted by atomic mass is 19.4. The highest BCUT2D eigenvalue weighted by Crippen LogP contribution is 2.32. The second-order valence-corrected chi connectivity index (χ2v) is 6.35. The van der Waals surface area contributed by atoms with E-state index in [-0.39, 0.29) is 10.9 Å². The first-order valence-electron chi connectivity index (χ1n) is 6.97. The Bertz CT molecular complexity index is 662. The first kappa shape index (κ1) is 16.5. The zero-order chi connectivity index (χ0) is 16.5. The number of halogens is 3. The normalized spacial score (nSPS) is 14.1. The van der Waals surface area contributed by atoms with Gasteiger partial charge in [-0.1, -0.05) is 26.8 Å². The molecule has 0 aliphatic rings. The van der Waals surface area contributed by atoms with E-state index >= 15 is 0 Å². The van der Waals surface area contributed by atoms with Gasteiger partial charge >= 0.3 is 6.18 Å². The third-order valence-electron chi connectivity index (χ3n) is 3.56. The van der Waals surface area contributed by atoms with E-state index in [0.29, 0.717) is 17.6 Å². The Labute approximate surface area is 127 Å². The molecule has 1 heterocycles. The topological polar surface area (TPSA) is 45.1 Å². The fourth-order valence-corrected chi connectivity index (χ4v) is 1.99. The fraction of sp³-hybridized carbons (Fsp3) is 0.438. The number of aliphatic hydroxyl groups is 1. The van der Waals surface area contributed by atoms with Gasteiger partial charge < -0.3 is 10.4 Å². The van der Waals surface area contributed by atoms with Gasteiger partial charge in [0.05, 0.1) is 17.2 Å². The fourth-order valence-electron chi connectivity index (χ4n) is 1.99. The molecule has 22 heavy (non-hydrogen) atoms. The first-order chi connectivity index (χ1) is 10.1. The molecule has 2 rings (SSSR count). The van der Waals surface area contributed by atoms with Gasteiger partial charge in [0.1, 0.15) is 0 Å². The summed E-state index contributed by atoms with van der Waals surface area (Å²) in [6.45, 7) is 6.06. The van der Waals surface area contributed by atoms with E-state index in [4.69, 9.17) is 0 Å². The number of nitrogens with zero attached hydrogens (tertiary/aromatic N) is 1. The van der Waals surface area contributed by atoms with Crippen molar-refractivity contribution in [2.24, 2.45) is 5.41 Å². The van der Waals surface area contributed by atoms with Gasteiger partial charge in [-0.3, -0.25) is 4.98 Å². The molecule has 0 spiro atoms. The van der Waals surface area contributed by atoms with Crippen molar-refractivity contribution in [2.45, 2.75) is 33.1 Å². The molecule has 0 amide bonds.